The number of nitrogens with one attached hydrogen (secondary N) is 3. The molecule has 5 rings (SSSR count). The van der Waals surface area contributed by atoms with Crippen molar-refractivity contribution < 1.29 is 13.2 Å². The Morgan fingerprint density at radius 3 is 2.80 bits per heavy atom. The minimum atomic E-state index is -3.36. The average Bonchev–Trinajstić information content (AvgIpc) is 3.24. The fourth-order valence-corrected chi connectivity index (χ4v) is 6.30. The van der Waals surface area contributed by atoms with Crippen LogP contribution in [0, 0.1) is 6.92 Å². The molecule has 3 aliphatic rings. The molecule has 1 amide bonds. The van der Waals surface area contributed by atoms with Gasteiger partial charge in [0.1, 0.15) is 5.82 Å². The maximum absolute atomic E-state index is 13.5. The van der Waals surface area contributed by atoms with Crippen molar-refractivity contribution in [2.75, 3.05) is 24.2 Å². The number of hydrogen-bond donors (Lipinski definition) is 3. The van der Waals surface area contributed by atoms with E-state index >= 15 is 0 Å². The van der Waals surface area contributed by atoms with Crippen LogP contribution in [0.25, 0.3) is 5.57 Å². The molecule has 3 N–H and O–H groups in total. The van der Waals surface area contributed by atoms with Crippen molar-refractivity contribution in [3.05, 3.63) is 70.4 Å². The lowest BCUT2D eigenvalue weighted by atomic mass is 9.75. The Balaban J connectivity index is 1.61. The number of amides is 1. The van der Waals surface area contributed by atoms with Crippen LogP contribution in [-0.2, 0) is 14.6 Å². The molecule has 7 nitrogen and oxygen atoms in total. The molecule has 3 unspecified atom stereocenters. The third-order valence-corrected chi connectivity index (χ3v) is 9.06. The highest BCUT2D eigenvalue weighted by Gasteiger charge is 2.41. The maximum atomic E-state index is 13.5. The van der Waals surface area contributed by atoms with Crippen LogP contribution in [-0.4, -0.2) is 50.2 Å². The molecule has 1 aromatic heterocycles. The monoisotopic (exact) mass is 492 g/mol. The quantitative estimate of drug-likeness (QED) is 0.592. The Morgan fingerprint density at radius 1 is 1.23 bits per heavy atom. The summed E-state index contributed by atoms with van der Waals surface area (Å²) in [6.07, 6.45) is 5.79. The minimum absolute atomic E-state index is 0.0388. The molecule has 3 heterocycles. The SMILES string of the molecule is CCS(=O)(=O)c1cccc(C2=CC(C(=O)NC3CCCNC3)=C(C)C3Nc4ncc(C)cc4C23)c1. The summed E-state index contributed by atoms with van der Waals surface area (Å²) in [5.74, 6) is 0.694. The molecular weight excluding hydrogens is 460 g/mol. The lowest BCUT2D eigenvalue weighted by Gasteiger charge is -2.31. The lowest BCUT2D eigenvalue weighted by Crippen LogP contribution is -2.46. The van der Waals surface area contributed by atoms with E-state index in [1.165, 1.54) is 0 Å². The molecular formula is C27H32N4O3S. The predicted molar refractivity (Wildman–Crippen MR) is 138 cm³/mol. The first kappa shape index (κ1) is 23.8. The van der Waals surface area contributed by atoms with Gasteiger partial charge in [0.15, 0.2) is 9.84 Å². The van der Waals surface area contributed by atoms with Crippen LogP contribution in [0.2, 0.25) is 0 Å². The molecule has 0 saturated carbocycles. The summed E-state index contributed by atoms with van der Waals surface area (Å²) >= 11 is 0. The molecule has 3 atom stereocenters. The molecule has 35 heavy (non-hydrogen) atoms. The van der Waals surface area contributed by atoms with Crippen molar-refractivity contribution in [1.82, 2.24) is 15.6 Å². The van der Waals surface area contributed by atoms with Crippen LogP contribution in [0.15, 0.2) is 58.6 Å². The van der Waals surface area contributed by atoms with Gasteiger partial charge < -0.3 is 16.0 Å². The fraction of sp³-hybridized carbons (Fsp3) is 0.407. The Hall–Kier alpha value is -2.97. The van der Waals surface area contributed by atoms with Crippen LogP contribution in [0.5, 0.6) is 0 Å². The number of piperidine rings is 1. The molecule has 1 saturated heterocycles. The van der Waals surface area contributed by atoms with E-state index < -0.39 is 9.84 Å². The number of aryl methyl sites for hydroxylation is 1. The van der Waals surface area contributed by atoms with Gasteiger partial charge >= 0.3 is 0 Å². The highest BCUT2D eigenvalue weighted by Crippen LogP contribution is 2.49. The smallest absolute Gasteiger partial charge is 0.251 e. The Morgan fingerprint density at radius 2 is 2.06 bits per heavy atom. The van der Waals surface area contributed by atoms with E-state index in [-0.39, 0.29) is 29.7 Å². The Kier molecular flexibility index (Phi) is 6.27. The first-order chi connectivity index (χ1) is 16.8. The third-order valence-electron chi connectivity index (χ3n) is 7.32. The lowest BCUT2D eigenvalue weighted by molar-refractivity contribution is -0.118. The van der Waals surface area contributed by atoms with Crippen molar-refractivity contribution in [2.24, 2.45) is 0 Å². The zero-order valence-electron chi connectivity index (χ0n) is 20.4. The second-order valence-corrected chi connectivity index (χ2v) is 12.0. The summed E-state index contributed by atoms with van der Waals surface area (Å²) < 4.78 is 25.3. The molecule has 8 heteroatoms. The number of sulfone groups is 1. The highest BCUT2D eigenvalue weighted by atomic mass is 32.2. The molecule has 0 bridgehead atoms. The summed E-state index contributed by atoms with van der Waals surface area (Å²) in [6, 6.07) is 9.19. The van der Waals surface area contributed by atoms with Crippen molar-refractivity contribution in [2.45, 2.75) is 56.5 Å². The number of aromatic nitrogens is 1. The van der Waals surface area contributed by atoms with E-state index in [1.807, 2.05) is 32.2 Å². The molecule has 0 radical (unpaired) electrons. The van der Waals surface area contributed by atoms with Gasteiger partial charge in [-0.3, -0.25) is 4.79 Å². The van der Waals surface area contributed by atoms with Crippen molar-refractivity contribution >= 4 is 27.1 Å². The molecule has 2 aromatic rings. The molecule has 1 aliphatic carbocycles. The molecule has 0 spiro atoms. The zero-order valence-corrected chi connectivity index (χ0v) is 21.2. The number of pyridine rings is 1. The zero-order chi connectivity index (χ0) is 24.7. The van der Waals surface area contributed by atoms with E-state index in [4.69, 9.17) is 0 Å². The van der Waals surface area contributed by atoms with E-state index in [9.17, 15) is 13.2 Å². The van der Waals surface area contributed by atoms with Crippen LogP contribution in [0.3, 0.4) is 0 Å². The number of carbonyl (C=O) groups excluding carboxylic acids is 1. The van der Waals surface area contributed by atoms with Gasteiger partial charge in [-0.15, -0.1) is 0 Å². The summed E-state index contributed by atoms with van der Waals surface area (Å²) in [5, 5.41) is 10.1. The van der Waals surface area contributed by atoms with Gasteiger partial charge in [-0.25, -0.2) is 13.4 Å². The van der Waals surface area contributed by atoms with E-state index in [0.717, 1.165) is 59.6 Å². The minimum Gasteiger partial charge on any atom is -0.362 e. The maximum Gasteiger partial charge on any atom is 0.251 e. The number of nitrogens with zero attached hydrogens (tertiary/aromatic N) is 1. The molecule has 2 aliphatic heterocycles. The van der Waals surface area contributed by atoms with Crippen molar-refractivity contribution in [3.8, 4) is 0 Å². The standard InChI is InChI=1S/C27H32N4O3S/c1-4-35(33,34)20-9-5-7-18(12-20)22-13-21(27(32)30-19-8-6-10-28-15-19)17(3)25-24(22)23-11-16(2)14-29-26(23)31-25/h5,7,9,11-14,19,24-25,28H,4,6,8,10,15H2,1-3H3,(H,29,31)(H,30,32). The average molecular weight is 493 g/mol. The van der Waals surface area contributed by atoms with Gasteiger partial charge in [-0.2, -0.15) is 0 Å². The number of carbonyl (C=O) groups is 1. The first-order valence-corrected chi connectivity index (χ1v) is 13.9. The van der Waals surface area contributed by atoms with E-state index in [1.54, 1.807) is 25.1 Å². The number of anilines is 1. The topological polar surface area (TPSA) is 100 Å². The second-order valence-electron chi connectivity index (χ2n) is 9.69. The van der Waals surface area contributed by atoms with Crippen LogP contribution in [0.4, 0.5) is 5.82 Å². The molecule has 184 valence electrons. The van der Waals surface area contributed by atoms with Crippen LogP contribution >= 0.6 is 0 Å². The van der Waals surface area contributed by atoms with Gasteiger partial charge in [-0.05, 0) is 73.7 Å². The van der Waals surface area contributed by atoms with Gasteiger partial charge in [-0.1, -0.05) is 25.1 Å². The van der Waals surface area contributed by atoms with Crippen LogP contribution in [0.1, 0.15) is 49.3 Å². The van der Waals surface area contributed by atoms with Gasteiger partial charge in [0.2, 0.25) is 0 Å². The highest BCUT2D eigenvalue weighted by molar-refractivity contribution is 7.91. The van der Waals surface area contributed by atoms with Gasteiger partial charge in [0.25, 0.3) is 5.91 Å². The molecule has 1 aromatic carbocycles. The van der Waals surface area contributed by atoms with Crippen molar-refractivity contribution in [1.29, 1.82) is 0 Å². The Bertz CT molecular complexity index is 1340. The number of rotatable bonds is 5. The van der Waals surface area contributed by atoms with Crippen LogP contribution < -0.4 is 16.0 Å². The van der Waals surface area contributed by atoms with Gasteiger partial charge in [0.05, 0.1) is 16.7 Å². The third kappa shape index (κ3) is 4.41. The normalized spacial score (nSPS) is 23.7. The summed E-state index contributed by atoms with van der Waals surface area (Å²) in [4.78, 5) is 18.4. The number of benzene rings is 1. The predicted octanol–water partition coefficient (Wildman–Crippen LogP) is 3.34. The van der Waals surface area contributed by atoms with Gasteiger partial charge in [0, 0.05) is 35.8 Å². The Labute approximate surface area is 207 Å². The summed E-state index contributed by atoms with van der Waals surface area (Å²) in [7, 11) is -3.36. The largest absolute Gasteiger partial charge is 0.362 e. The van der Waals surface area contributed by atoms with Crippen molar-refractivity contribution in [3.63, 3.8) is 0 Å². The fourth-order valence-electron chi connectivity index (χ4n) is 5.37. The number of fused-ring (bicyclic) bond motifs is 3. The summed E-state index contributed by atoms with van der Waals surface area (Å²) in [6.45, 7) is 7.42. The van der Waals surface area contributed by atoms with E-state index in [2.05, 4.69) is 27.0 Å². The van der Waals surface area contributed by atoms with E-state index in [0.29, 0.717) is 10.5 Å². The summed E-state index contributed by atoms with van der Waals surface area (Å²) in [5.41, 5.74) is 5.46. The first-order valence-electron chi connectivity index (χ1n) is 12.3. The number of hydrogen-bond acceptors (Lipinski definition) is 6. The molecule has 1 fully saturated rings. The second kappa shape index (κ2) is 9.24.